The number of hydrogen-bond donors (Lipinski definition) is 2. The topological polar surface area (TPSA) is 77.8 Å². The highest BCUT2D eigenvalue weighted by Crippen LogP contribution is 2.39. The number of thiophene rings is 1. The largest absolute Gasteiger partial charge is 0.477 e. The first-order valence-corrected chi connectivity index (χ1v) is 10.5. The molecule has 1 amide bonds. The second-order valence-electron chi connectivity index (χ2n) is 7.89. The van der Waals surface area contributed by atoms with Gasteiger partial charge in [-0.3, -0.25) is 4.79 Å². The number of aliphatic hydroxyl groups excluding tert-OH is 1. The van der Waals surface area contributed by atoms with Gasteiger partial charge in [-0.15, -0.1) is 11.3 Å². The molecule has 0 spiro atoms. The number of carbonyl (C=O) groups is 2. The molecule has 0 aliphatic heterocycles. The summed E-state index contributed by atoms with van der Waals surface area (Å²) in [6, 6.07) is 11.1. The zero-order valence-electron chi connectivity index (χ0n) is 16.5. The quantitative estimate of drug-likeness (QED) is 0.693. The van der Waals surface area contributed by atoms with Crippen LogP contribution in [0.4, 0.5) is 5.69 Å². The summed E-state index contributed by atoms with van der Waals surface area (Å²) < 4.78 is 0. The maximum atomic E-state index is 13.4. The van der Waals surface area contributed by atoms with E-state index >= 15 is 0 Å². The third-order valence-corrected chi connectivity index (χ3v) is 6.54. The fraction of sp³-hybridized carbons (Fsp3) is 0.478. The predicted molar refractivity (Wildman–Crippen MR) is 119 cm³/mol. The van der Waals surface area contributed by atoms with E-state index in [4.69, 9.17) is 0 Å². The average Bonchev–Trinajstić information content (AvgIpc) is 3.07. The van der Waals surface area contributed by atoms with Crippen LogP contribution in [0.15, 0.2) is 36.4 Å². The van der Waals surface area contributed by atoms with E-state index in [-0.39, 0.29) is 24.3 Å². The van der Waals surface area contributed by atoms with E-state index in [1.807, 2.05) is 44.2 Å². The lowest BCUT2D eigenvalue weighted by Gasteiger charge is -2.36. The van der Waals surface area contributed by atoms with Crippen molar-refractivity contribution in [2.45, 2.75) is 59.6 Å². The van der Waals surface area contributed by atoms with Gasteiger partial charge in [-0.1, -0.05) is 44.7 Å². The van der Waals surface area contributed by atoms with Crippen LogP contribution in [0, 0.1) is 11.8 Å². The van der Waals surface area contributed by atoms with E-state index in [9.17, 15) is 19.8 Å². The highest BCUT2D eigenvalue weighted by molar-refractivity contribution is 7.18. The molecule has 1 aromatic carbocycles. The van der Waals surface area contributed by atoms with Crippen molar-refractivity contribution in [3.8, 4) is 10.4 Å². The van der Waals surface area contributed by atoms with E-state index in [2.05, 4.69) is 6.92 Å². The molecular formula is C23H31NO4S. The van der Waals surface area contributed by atoms with Crippen molar-refractivity contribution in [3.63, 3.8) is 0 Å². The maximum absolute atomic E-state index is 13.4. The monoisotopic (exact) mass is 417 g/mol. The van der Waals surface area contributed by atoms with Crippen molar-refractivity contribution >= 4 is 28.9 Å². The molecule has 1 aliphatic carbocycles. The van der Waals surface area contributed by atoms with Gasteiger partial charge in [-0.05, 0) is 50.7 Å². The summed E-state index contributed by atoms with van der Waals surface area (Å²) in [5, 5.41) is 20.2. The summed E-state index contributed by atoms with van der Waals surface area (Å²) in [5.74, 6) is -1.32. The number of nitrogens with zero attached hydrogens (tertiary/aromatic N) is 1. The lowest BCUT2D eigenvalue weighted by molar-refractivity contribution is -0.128. The summed E-state index contributed by atoms with van der Waals surface area (Å²) in [6.07, 6.45) is 1.44. The molecule has 1 aliphatic rings. The molecule has 6 heteroatoms. The van der Waals surface area contributed by atoms with E-state index < -0.39 is 18.0 Å². The van der Waals surface area contributed by atoms with Gasteiger partial charge in [0, 0.05) is 10.9 Å². The minimum absolute atomic E-state index is 0. The maximum Gasteiger partial charge on any atom is 0.348 e. The van der Waals surface area contributed by atoms with E-state index in [1.54, 1.807) is 11.0 Å². The number of amides is 1. The zero-order valence-corrected chi connectivity index (χ0v) is 17.3. The van der Waals surface area contributed by atoms with Crippen molar-refractivity contribution in [2.24, 2.45) is 11.8 Å². The summed E-state index contributed by atoms with van der Waals surface area (Å²) in [5.41, 5.74) is 1.34. The Morgan fingerprint density at radius 2 is 1.83 bits per heavy atom. The van der Waals surface area contributed by atoms with Gasteiger partial charge >= 0.3 is 5.97 Å². The molecule has 1 saturated carbocycles. The average molecular weight is 418 g/mol. The predicted octanol–water partition coefficient (Wildman–Crippen LogP) is 5.29. The van der Waals surface area contributed by atoms with Gasteiger partial charge in [-0.2, -0.15) is 0 Å². The number of carboxylic acids is 1. The number of carbonyl (C=O) groups excluding carboxylic acids is 1. The first-order chi connectivity index (χ1) is 13.3. The minimum Gasteiger partial charge on any atom is -0.477 e. The van der Waals surface area contributed by atoms with Crippen LogP contribution in [0.2, 0.25) is 0 Å². The van der Waals surface area contributed by atoms with E-state index in [1.165, 1.54) is 11.3 Å². The standard InChI is InChI=1S/C22H27NO4S.CH4/c1-13(2)23(21(25)16-10-9-14(3)11-18(16)24)17-12-19(28-20(17)22(26)27)15-7-5-4-6-8-15;/h4-8,12-14,16,18,24H,9-11H2,1-3H3,(H,26,27);1H4/t14-,16-,18+;/m1./s1. The molecular weight excluding hydrogens is 386 g/mol. The molecule has 0 unspecified atom stereocenters. The van der Waals surface area contributed by atoms with E-state index in [0.29, 0.717) is 24.4 Å². The Kier molecular flexibility index (Phi) is 7.60. The molecule has 29 heavy (non-hydrogen) atoms. The summed E-state index contributed by atoms with van der Waals surface area (Å²) in [4.78, 5) is 27.8. The van der Waals surface area contributed by atoms with Crippen molar-refractivity contribution in [3.05, 3.63) is 41.3 Å². The Morgan fingerprint density at radius 1 is 1.17 bits per heavy atom. The number of carboxylic acid groups (broad SMARTS) is 1. The van der Waals surface area contributed by atoms with Gasteiger partial charge in [0.1, 0.15) is 4.88 Å². The number of aliphatic hydroxyl groups is 1. The Morgan fingerprint density at radius 3 is 2.38 bits per heavy atom. The van der Waals surface area contributed by atoms with Crippen molar-refractivity contribution < 1.29 is 19.8 Å². The number of benzene rings is 1. The Balaban J connectivity index is 0.00000300. The van der Waals surface area contributed by atoms with Gasteiger partial charge in [0.25, 0.3) is 0 Å². The molecule has 1 aromatic heterocycles. The summed E-state index contributed by atoms with van der Waals surface area (Å²) in [6.45, 7) is 5.83. The molecule has 0 bridgehead atoms. The Hall–Kier alpha value is -2.18. The first kappa shape index (κ1) is 23.1. The van der Waals surface area contributed by atoms with Crippen LogP contribution in [-0.2, 0) is 4.79 Å². The van der Waals surface area contributed by atoms with Crippen LogP contribution in [-0.4, -0.2) is 34.2 Å². The van der Waals surface area contributed by atoms with Gasteiger partial charge in [-0.25, -0.2) is 4.79 Å². The second-order valence-corrected chi connectivity index (χ2v) is 8.94. The first-order valence-electron chi connectivity index (χ1n) is 9.73. The third kappa shape index (κ3) is 4.87. The zero-order chi connectivity index (χ0) is 20.4. The van der Waals surface area contributed by atoms with Gasteiger partial charge < -0.3 is 15.1 Å². The van der Waals surface area contributed by atoms with Gasteiger partial charge in [0.15, 0.2) is 0 Å². The third-order valence-electron chi connectivity index (χ3n) is 5.37. The molecule has 5 nitrogen and oxygen atoms in total. The fourth-order valence-electron chi connectivity index (χ4n) is 3.93. The molecule has 0 saturated heterocycles. The molecule has 1 heterocycles. The highest BCUT2D eigenvalue weighted by Gasteiger charge is 2.38. The van der Waals surface area contributed by atoms with Crippen LogP contribution < -0.4 is 4.90 Å². The normalized spacial score (nSPS) is 21.5. The molecule has 1 fully saturated rings. The highest BCUT2D eigenvalue weighted by atomic mass is 32.1. The second kappa shape index (κ2) is 9.55. The van der Waals surface area contributed by atoms with Gasteiger partial charge in [0.05, 0.1) is 17.7 Å². The molecule has 2 N–H and O–H groups in total. The molecule has 0 radical (unpaired) electrons. The number of aromatic carboxylic acids is 1. The van der Waals surface area contributed by atoms with E-state index in [0.717, 1.165) is 16.9 Å². The number of hydrogen-bond acceptors (Lipinski definition) is 4. The Bertz CT molecular complexity index is 846. The smallest absolute Gasteiger partial charge is 0.348 e. The molecule has 3 atom stereocenters. The molecule has 3 rings (SSSR count). The SMILES string of the molecule is C.CC(C)N(C(=O)[C@@H]1CC[C@@H](C)C[C@@H]1O)c1cc(-c2ccccc2)sc1C(=O)O. The van der Waals surface area contributed by atoms with Crippen molar-refractivity contribution in [1.82, 2.24) is 0 Å². The van der Waals surface area contributed by atoms with Crippen LogP contribution in [0.5, 0.6) is 0 Å². The summed E-state index contributed by atoms with van der Waals surface area (Å²) in [7, 11) is 0. The molecule has 2 aromatic rings. The lowest BCUT2D eigenvalue weighted by Crippen LogP contribution is -2.46. The number of anilines is 1. The van der Waals surface area contributed by atoms with Crippen LogP contribution in [0.25, 0.3) is 10.4 Å². The minimum atomic E-state index is -1.04. The van der Waals surface area contributed by atoms with Crippen molar-refractivity contribution in [2.75, 3.05) is 4.90 Å². The summed E-state index contributed by atoms with van der Waals surface area (Å²) >= 11 is 1.18. The molecule has 158 valence electrons. The number of rotatable bonds is 5. The van der Waals surface area contributed by atoms with Crippen LogP contribution in [0.1, 0.15) is 57.1 Å². The van der Waals surface area contributed by atoms with Crippen LogP contribution in [0.3, 0.4) is 0 Å². The Labute approximate surface area is 177 Å². The van der Waals surface area contributed by atoms with Crippen molar-refractivity contribution in [1.29, 1.82) is 0 Å². The van der Waals surface area contributed by atoms with Gasteiger partial charge in [0.2, 0.25) is 5.91 Å². The van der Waals surface area contributed by atoms with Crippen LogP contribution >= 0.6 is 11.3 Å². The lowest BCUT2D eigenvalue weighted by atomic mass is 9.80. The fourth-order valence-corrected chi connectivity index (χ4v) is 4.92.